The quantitative estimate of drug-likeness (QED) is 0.159. The monoisotopic (exact) mass is 981 g/mol. The molecule has 0 atom stereocenters. The Morgan fingerprint density at radius 2 is 0.766 bits per heavy atom. The van der Waals surface area contributed by atoms with Gasteiger partial charge in [0.25, 0.3) is 0 Å². The van der Waals surface area contributed by atoms with Gasteiger partial charge in [-0.3, -0.25) is 0 Å². The first-order valence-corrected chi connectivity index (χ1v) is 26.6. The van der Waals surface area contributed by atoms with Gasteiger partial charge in [-0.15, -0.1) is 0 Å². The molecule has 12 aromatic carbocycles. The minimum Gasteiger partial charge on any atom is -0.457 e. The van der Waals surface area contributed by atoms with Gasteiger partial charge in [0.2, 0.25) is 0 Å². The lowest BCUT2D eigenvalue weighted by Gasteiger charge is -2.40. The number of fused-ring (bicyclic) bond motifs is 15. The number of rotatable bonds is 7. The fourth-order valence-electron chi connectivity index (χ4n) is 13.7. The smallest absolute Gasteiger partial charge is 0.136 e. The van der Waals surface area contributed by atoms with Crippen LogP contribution < -0.4 is 9.64 Å². The van der Waals surface area contributed by atoms with Crippen LogP contribution in [0.2, 0.25) is 0 Å². The third kappa shape index (κ3) is 6.20. The van der Waals surface area contributed by atoms with Gasteiger partial charge < -0.3 is 14.1 Å². The van der Waals surface area contributed by atoms with E-state index in [1.54, 1.807) is 0 Å². The van der Waals surface area contributed by atoms with Crippen LogP contribution in [0.3, 0.4) is 0 Å². The molecule has 0 fully saturated rings. The van der Waals surface area contributed by atoms with Gasteiger partial charge in [-0.1, -0.05) is 218 Å². The second-order valence-electron chi connectivity index (χ2n) is 20.6. The highest BCUT2D eigenvalue weighted by Gasteiger charge is 2.51. The molecule has 3 heteroatoms. The highest BCUT2D eigenvalue weighted by Crippen LogP contribution is 2.63. The highest BCUT2D eigenvalue weighted by molar-refractivity contribution is 6.13. The van der Waals surface area contributed by atoms with E-state index in [1.807, 2.05) is 0 Å². The normalized spacial score (nSPS) is 13.8. The molecule has 1 aromatic heterocycles. The van der Waals surface area contributed by atoms with Crippen molar-refractivity contribution >= 4 is 39.0 Å². The van der Waals surface area contributed by atoms with Crippen molar-refractivity contribution in [3.8, 4) is 56.0 Å². The number of hydrogen-bond donors (Lipinski definition) is 0. The fraction of sp³-hybridized carbons (Fsp3) is 0.0270. The molecule has 3 aliphatic rings. The second-order valence-corrected chi connectivity index (χ2v) is 20.6. The molecule has 16 rings (SSSR count). The lowest BCUT2D eigenvalue weighted by molar-refractivity contribution is 0.436. The molecule has 0 unspecified atom stereocenters. The topological polar surface area (TPSA) is 25.6 Å². The Hall–Kier alpha value is -9.96. The maximum atomic E-state index is 6.98. The number of benzene rings is 12. The van der Waals surface area contributed by atoms with E-state index in [1.165, 1.54) is 66.8 Å². The number of furan rings is 1. The Morgan fingerprint density at radius 1 is 0.273 bits per heavy atom. The highest BCUT2D eigenvalue weighted by atomic mass is 16.5. The van der Waals surface area contributed by atoms with Gasteiger partial charge in [-0.2, -0.15) is 0 Å². The SMILES string of the molecule is c1ccc(-c2cccc(C3(c4ccc(N(c5ccc6c(c5)C5(c7ccccc7O6)c6ccccc6-c6ccccc65)c5ccc6oc7cccc(-c8ccccc8)c7c6c5)cc4)c4ccccc4-c4ccccc43)c2)cc1. The molecule has 3 nitrogen and oxygen atoms in total. The Kier molecular flexibility index (Phi) is 9.47. The van der Waals surface area contributed by atoms with Crippen molar-refractivity contribution in [1.29, 1.82) is 0 Å². The third-order valence-corrected chi connectivity index (χ3v) is 16.8. The van der Waals surface area contributed by atoms with E-state index < -0.39 is 10.8 Å². The van der Waals surface area contributed by atoms with Crippen molar-refractivity contribution in [2.24, 2.45) is 0 Å². The van der Waals surface area contributed by atoms with Gasteiger partial charge in [-0.25, -0.2) is 0 Å². The molecule has 2 heterocycles. The van der Waals surface area contributed by atoms with Crippen LogP contribution >= 0.6 is 0 Å². The lowest BCUT2D eigenvalue weighted by atomic mass is 9.66. The van der Waals surface area contributed by atoms with Crippen LogP contribution in [0, 0.1) is 0 Å². The van der Waals surface area contributed by atoms with Crippen LogP contribution in [0.4, 0.5) is 17.1 Å². The van der Waals surface area contributed by atoms with Gasteiger partial charge in [0.05, 0.1) is 10.8 Å². The molecule has 0 saturated heterocycles. The Balaban J connectivity index is 0.940. The van der Waals surface area contributed by atoms with E-state index in [0.717, 1.165) is 72.8 Å². The molecule has 0 radical (unpaired) electrons. The van der Waals surface area contributed by atoms with Gasteiger partial charge in [0.15, 0.2) is 0 Å². The van der Waals surface area contributed by atoms with Crippen LogP contribution in [-0.2, 0) is 10.8 Å². The van der Waals surface area contributed by atoms with E-state index in [4.69, 9.17) is 9.15 Å². The molecule has 77 heavy (non-hydrogen) atoms. The average molecular weight is 982 g/mol. The summed E-state index contributed by atoms with van der Waals surface area (Å²) in [5.41, 5.74) is 22.9. The molecular weight excluding hydrogens is 935 g/mol. The first-order valence-electron chi connectivity index (χ1n) is 26.6. The van der Waals surface area contributed by atoms with Gasteiger partial charge in [-0.05, 0) is 145 Å². The predicted octanol–water partition coefficient (Wildman–Crippen LogP) is 19.2. The summed E-state index contributed by atoms with van der Waals surface area (Å²) >= 11 is 0. The maximum Gasteiger partial charge on any atom is 0.136 e. The summed E-state index contributed by atoms with van der Waals surface area (Å²) in [6.07, 6.45) is 0. The fourth-order valence-corrected chi connectivity index (χ4v) is 13.7. The Labute approximate surface area is 447 Å². The zero-order valence-electron chi connectivity index (χ0n) is 41.9. The maximum absolute atomic E-state index is 6.98. The first-order chi connectivity index (χ1) is 38.2. The number of anilines is 3. The van der Waals surface area contributed by atoms with Crippen molar-refractivity contribution in [2.75, 3.05) is 4.90 Å². The standard InChI is InChI=1S/C74H47NO2/c1-3-19-48(20-4-1)50-23-17-24-52(45-50)73(62-30-11-7-25-57(62)58-26-8-12-31-63(58)73)51-37-39-53(40-38-51)75(54-41-43-68-61(46-54)72-56(29-18-36-71(72)76-68)49-21-5-2-6-22-49)55-42-44-70-67(47-55)74(66-34-15-16-35-69(66)77-70)64-32-13-9-27-59(64)60-28-10-14-33-65(60)74/h1-47H. The van der Waals surface area contributed by atoms with Crippen molar-refractivity contribution in [2.45, 2.75) is 10.8 Å². The summed E-state index contributed by atoms with van der Waals surface area (Å²) in [7, 11) is 0. The number of para-hydroxylation sites is 1. The van der Waals surface area contributed by atoms with Crippen LogP contribution in [0.15, 0.2) is 290 Å². The van der Waals surface area contributed by atoms with Crippen LogP contribution in [0.1, 0.15) is 44.5 Å². The molecule has 360 valence electrons. The van der Waals surface area contributed by atoms with Crippen molar-refractivity contribution < 1.29 is 9.15 Å². The molecule has 2 aliphatic carbocycles. The van der Waals surface area contributed by atoms with Crippen LogP contribution in [-0.4, -0.2) is 0 Å². The summed E-state index contributed by atoms with van der Waals surface area (Å²) in [6, 6.07) is 104. The first kappa shape index (κ1) is 43.4. The summed E-state index contributed by atoms with van der Waals surface area (Å²) in [5, 5.41) is 2.15. The van der Waals surface area contributed by atoms with Crippen molar-refractivity contribution in [1.82, 2.24) is 0 Å². The van der Waals surface area contributed by atoms with Crippen LogP contribution in [0.25, 0.3) is 66.4 Å². The Morgan fingerprint density at radius 3 is 1.43 bits per heavy atom. The molecule has 0 saturated carbocycles. The van der Waals surface area contributed by atoms with Gasteiger partial charge in [0, 0.05) is 39.0 Å². The summed E-state index contributed by atoms with van der Waals surface area (Å²) in [4.78, 5) is 2.42. The summed E-state index contributed by atoms with van der Waals surface area (Å²) in [6.45, 7) is 0. The zero-order valence-corrected chi connectivity index (χ0v) is 41.9. The molecule has 0 bridgehead atoms. The minimum absolute atomic E-state index is 0.601. The minimum atomic E-state index is -0.637. The van der Waals surface area contributed by atoms with E-state index in [0.29, 0.717) is 0 Å². The van der Waals surface area contributed by atoms with E-state index in [-0.39, 0.29) is 0 Å². The number of hydrogen-bond acceptors (Lipinski definition) is 3. The lowest BCUT2D eigenvalue weighted by Crippen LogP contribution is -2.32. The molecule has 1 spiro atoms. The number of nitrogens with zero attached hydrogens (tertiary/aromatic N) is 1. The molecule has 0 amide bonds. The Bertz CT molecular complexity index is 4400. The second kappa shape index (κ2) is 16.8. The molecular formula is C74H47NO2. The van der Waals surface area contributed by atoms with E-state index in [2.05, 4.69) is 290 Å². The number of ether oxygens (including phenoxy) is 1. The van der Waals surface area contributed by atoms with E-state index >= 15 is 0 Å². The van der Waals surface area contributed by atoms with Crippen LogP contribution in [0.5, 0.6) is 11.5 Å². The zero-order chi connectivity index (χ0) is 50.7. The van der Waals surface area contributed by atoms with E-state index in [9.17, 15) is 0 Å². The molecule has 1 aliphatic heterocycles. The summed E-state index contributed by atoms with van der Waals surface area (Å²) in [5.74, 6) is 1.72. The van der Waals surface area contributed by atoms with Gasteiger partial charge >= 0.3 is 0 Å². The van der Waals surface area contributed by atoms with Gasteiger partial charge in [0.1, 0.15) is 22.7 Å². The largest absolute Gasteiger partial charge is 0.457 e. The average Bonchev–Trinajstić information content (AvgIpc) is 4.22. The molecule has 0 N–H and O–H groups in total. The molecule has 13 aromatic rings. The third-order valence-electron chi connectivity index (χ3n) is 16.8. The van der Waals surface area contributed by atoms with Crippen molar-refractivity contribution in [3.05, 3.63) is 330 Å². The predicted molar refractivity (Wildman–Crippen MR) is 314 cm³/mol. The summed E-state index contributed by atoms with van der Waals surface area (Å²) < 4.78 is 13.7. The van der Waals surface area contributed by atoms with Crippen molar-refractivity contribution in [3.63, 3.8) is 0 Å².